The van der Waals surface area contributed by atoms with Gasteiger partial charge in [-0.05, 0) is 6.92 Å². The Balaban J connectivity index is 2.86. The van der Waals surface area contributed by atoms with Crippen molar-refractivity contribution in [1.29, 1.82) is 0 Å². The van der Waals surface area contributed by atoms with Crippen molar-refractivity contribution in [3.8, 4) is 0 Å². The van der Waals surface area contributed by atoms with Crippen molar-refractivity contribution in [1.82, 2.24) is 9.97 Å². The van der Waals surface area contributed by atoms with Gasteiger partial charge < -0.3 is 20.4 Å². The summed E-state index contributed by atoms with van der Waals surface area (Å²) >= 11 is 0. The summed E-state index contributed by atoms with van der Waals surface area (Å²) in [4.78, 5) is 16.0. The van der Waals surface area contributed by atoms with Crippen molar-refractivity contribution in [2.24, 2.45) is 5.73 Å². The second-order valence-electron chi connectivity index (χ2n) is 2.68. The number of hydrogen-bond donors (Lipinski definition) is 3. The maximum absolute atomic E-state index is 10.8. The first-order valence-corrected chi connectivity index (χ1v) is 3.68. The average Bonchev–Trinajstić information content (AvgIpc) is 2.30. The highest BCUT2D eigenvalue weighted by Crippen LogP contribution is 2.08. The molecule has 1 aromatic rings. The van der Waals surface area contributed by atoms with Crippen LogP contribution in [0.3, 0.4) is 0 Å². The Labute approximate surface area is 69.9 Å². The molecule has 0 spiro atoms. The molecule has 0 aromatic carbocycles. The van der Waals surface area contributed by atoms with Crippen molar-refractivity contribution in [3.63, 3.8) is 0 Å². The van der Waals surface area contributed by atoms with Gasteiger partial charge in [-0.1, -0.05) is 0 Å². The number of nitrogens with two attached hydrogens (primary N) is 1. The summed E-state index contributed by atoms with van der Waals surface area (Å²) in [5, 5.41) is 0. The molecule has 1 rings (SSSR count). The van der Waals surface area contributed by atoms with Gasteiger partial charge in [0.2, 0.25) is 0 Å². The van der Waals surface area contributed by atoms with E-state index in [4.69, 9.17) is 10.5 Å². The minimum absolute atomic E-state index is 0.228. The fourth-order valence-electron chi connectivity index (χ4n) is 1.12. The number of hydrogen-bond acceptors (Lipinski definition) is 3. The van der Waals surface area contributed by atoms with Crippen LogP contribution in [0.1, 0.15) is 17.4 Å². The van der Waals surface area contributed by atoms with Crippen LogP contribution in [0.2, 0.25) is 0 Å². The smallest absolute Gasteiger partial charge is 0.323 e. The van der Waals surface area contributed by atoms with Gasteiger partial charge in [0.25, 0.3) is 0 Å². The number of rotatable bonds is 3. The highest BCUT2D eigenvalue weighted by molar-refractivity contribution is 5.13. The van der Waals surface area contributed by atoms with Crippen LogP contribution >= 0.6 is 0 Å². The number of aryl methyl sites for hydroxylation is 1. The summed E-state index contributed by atoms with van der Waals surface area (Å²) in [6.45, 7) is 2.19. The Bertz CT molecular complexity index is 302. The number of aromatic amines is 2. The number of H-pyrrole nitrogens is 2. The molecule has 5 nitrogen and oxygen atoms in total. The van der Waals surface area contributed by atoms with E-state index in [1.165, 1.54) is 0 Å². The molecule has 1 heterocycles. The second kappa shape index (κ2) is 3.55. The largest absolute Gasteiger partial charge is 0.383 e. The summed E-state index contributed by atoms with van der Waals surface area (Å²) in [6.07, 6.45) is 0. The van der Waals surface area contributed by atoms with Gasteiger partial charge in [0.05, 0.1) is 18.3 Å². The molecule has 1 unspecified atom stereocenters. The van der Waals surface area contributed by atoms with Gasteiger partial charge in [0.15, 0.2) is 0 Å². The SMILES string of the molecule is COCC(N)c1[nH]c(=O)[nH]c1C. The van der Waals surface area contributed by atoms with Gasteiger partial charge in [0, 0.05) is 12.8 Å². The molecule has 0 aliphatic heterocycles. The molecule has 0 aliphatic rings. The van der Waals surface area contributed by atoms with Gasteiger partial charge in [-0.2, -0.15) is 0 Å². The Hall–Kier alpha value is -1.07. The number of ether oxygens (including phenoxy) is 1. The van der Waals surface area contributed by atoms with Gasteiger partial charge in [-0.15, -0.1) is 0 Å². The zero-order valence-corrected chi connectivity index (χ0v) is 7.18. The Morgan fingerprint density at radius 2 is 2.25 bits per heavy atom. The number of nitrogens with one attached hydrogen (secondary N) is 2. The molecule has 0 aliphatic carbocycles. The zero-order valence-electron chi connectivity index (χ0n) is 7.18. The van der Waals surface area contributed by atoms with Gasteiger partial charge in [-0.25, -0.2) is 4.79 Å². The molecule has 0 amide bonds. The topological polar surface area (TPSA) is 83.9 Å². The van der Waals surface area contributed by atoms with E-state index < -0.39 is 0 Å². The van der Waals surface area contributed by atoms with E-state index in [9.17, 15) is 4.79 Å². The van der Waals surface area contributed by atoms with Crippen molar-refractivity contribution in [3.05, 3.63) is 21.9 Å². The summed E-state index contributed by atoms with van der Waals surface area (Å²) < 4.78 is 4.86. The third kappa shape index (κ3) is 1.75. The molecule has 0 saturated heterocycles. The van der Waals surface area contributed by atoms with Crippen LogP contribution < -0.4 is 11.4 Å². The van der Waals surface area contributed by atoms with E-state index in [0.717, 1.165) is 5.69 Å². The molecule has 12 heavy (non-hydrogen) atoms. The van der Waals surface area contributed by atoms with Crippen LogP contribution in [0.4, 0.5) is 0 Å². The summed E-state index contributed by atoms with van der Waals surface area (Å²) in [7, 11) is 1.57. The van der Waals surface area contributed by atoms with E-state index in [1.807, 2.05) is 0 Å². The van der Waals surface area contributed by atoms with Crippen LogP contribution in [0, 0.1) is 6.92 Å². The van der Waals surface area contributed by atoms with E-state index in [2.05, 4.69) is 9.97 Å². The molecule has 68 valence electrons. The zero-order chi connectivity index (χ0) is 9.14. The average molecular weight is 171 g/mol. The first-order valence-electron chi connectivity index (χ1n) is 3.68. The normalized spacial score (nSPS) is 13.2. The molecule has 0 radical (unpaired) electrons. The third-order valence-corrected chi connectivity index (χ3v) is 1.67. The van der Waals surface area contributed by atoms with Crippen LogP contribution in [-0.2, 0) is 4.74 Å². The lowest BCUT2D eigenvalue weighted by atomic mass is 10.2. The van der Waals surface area contributed by atoms with Crippen molar-refractivity contribution < 1.29 is 4.74 Å². The predicted molar refractivity (Wildman–Crippen MR) is 45.0 cm³/mol. The molecule has 5 heteroatoms. The van der Waals surface area contributed by atoms with Crippen LogP contribution in [0.15, 0.2) is 4.79 Å². The lowest BCUT2D eigenvalue weighted by Crippen LogP contribution is -2.18. The van der Waals surface area contributed by atoms with Gasteiger partial charge >= 0.3 is 5.69 Å². The summed E-state index contributed by atoms with van der Waals surface area (Å²) in [5.41, 5.74) is 6.95. The fourth-order valence-corrected chi connectivity index (χ4v) is 1.12. The van der Waals surface area contributed by atoms with Crippen LogP contribution in [0.25, 0.3) is 0 Å². The molecule has 0 saturated carbocycles. The molecular weight excluding hydrogens is 158 g/mol. The summed E-state index contributed by atoms with van der Waals surface area (Å²) in [5.74, 6) is 0. The lowest BCUT2D eigenvalue weighted by Gasteiger charge is -2.08. The Morgan fingerprint density at radius 3 is 2.67 bits per heavy atom. The van der Waals surface area contributed by atoms with E-state index >= 15 is 0 Å². The Morgan fingerprint density at radius 1 is 1.58 bits per heavy atom. The number of methoxy groups -OCH3 is 1. The summed E-state index contributed by atoms with van der Waals surface area (Å²) in [6, 6.07) is -0.269. The highest BCUT2D eigenvalue weighted by Gasteiger charge is 2.10. The van der Waals surface area contributed by atoms with Crippen LogP contribution in [-0.4, -0.2) is 23.7 Å². The monoisotopic (exact) mass is 171 g/mol. The standard InChI is InChI=1S/C7H13N3O2/c1-4-6(5(8)3-12-2)10-7(11)9-4/h5H,3,8H2,1-2H3,(H2,9,10,11). The fraction of sp³-hybridized carbons (Fsp3) is 0.571. The molecule has 4 N–H and O–H groups in total. The van der Waals surface area contributed by atoms with Crippen molar-refractivity contribution >= 4 is 0 Å². The predicted octanol–water partition coefficient (Wildman–Crippen LogP) is -0.342. The van der Waals surface area contributed by atoms with E-state index in [-0.39, 0.29) is 11.7 Å². The van der Waals surface area contributed by atoms with Gasteiger partial charge in [-0.3, -0.25) is 0 Å². The molecule has 1 aromatic heterocycles. The second-order valence-corrected chi connectivity index (χ2v) is 2.68. The van der Waals surface area contributed by atoms with Crippen molar-refractivity contribution in [2.45, 2.75) is 13.0 Å². The molecule has 0 bridgehead atoms. The first kappa shape index (κ1) is 9.02. The molecule has 1 atom stereocenters. The number of imidazole rings is 1. The Kier molecular flexibility index (Phi) is 2.67. The van der Waals surface area contributed by atoms with E-state index in [1.54, 1.807) is 14.0 Å². The van der Waals surface area contributed by atoms with Crippen LogP contribution in [0.5, 0.6) is 0 Å². The highest BCUT2D eigenvalue weighted by atomic mass is 16.5. The maximum Gasteiger partial charge on any atom is 0.323 e. The van der Waals surface area contributed by atoms with Crippen molar-refractivity contribution in [2.75, 3.05) is 13.7 Å². The number of aromatic nitrogens is 2. The third-order valence-electron chi connectivity index (χ3n) is 1.67. The minimum atomic E-state index is -0.269. The van der Waals surface area contributed by atoms with E-state index in [0.29, 0.717) is 12.3 Å². The maximum atomic E-state index is 10.8. The quantitative estimate of drug-likeness (QED) is 0.581. The first-order chi connectivity index (χ1) is 5.65. The minimum Gasteiger partial charge on any atom is -0.383 e. The molecule has 0 fully saturated rings. The molecular formula is C7H13N3O2. The van der Waals surface area contributed by atoms with Gasteiger partial charge in [0.1, 0.15) is 0 Å². The lowest BCUT2D eigenvalue weighted by molar-refractivity contribution is 0.179.